The molecule has 6 nitrogen and oxygen atoms in total. The molecular weight excluding hydrogens is 433 g/mol. The van der Waals surface area contributed by atoms with Crippen LogP contribution in [0.25, 0.3) is 0 Å². The highest BCUT2D eigenvalue weighted by atomic mass is 19.1. The Bertz CT molecular complexity index is 1290. The normalized spacial score (nSPS) is 30.6. The molecule has 7 heteroatoms. The molecule has 0 unspecified atom stereocenters. The topological polar surface area (TPSA) is 96.4 Å². The van der Waals surface area contributed by atoms with Crippen molar-refractivity contribution in [3.63, 3.8) is 0 Å². The Hall–Kier alpha value is -3.14. The second-order valence-corrected chi connectivity index (χ2v) is 11.5. The number of ether oxygens (including phenoxy) is 1. The van der Waals surface area contributed by atoms with E-state index in [4.69, 9.17) is 10.5 Å². The predicted molar refractivity (Wildman–Crippen MR) is 123 cm³/mol. The Labute approximate surface area is 198 Å². The molecule has 0 radical (unpaired) electrons. The number of ketones is 1. The largest absolute Gasteiger partial charge is 0.444 e. The minimum absolute atomic E-state index is 0.0443. The Kier molecular flexibility index (Phi) is 4.09. The van der Waals surface area contributed by atoms with Crippen molar-refractivity contribution in [2.75, 3.05) is 4.90 Å². The number of benzene rings is 1. The minimum Gasteiger partial charge on any atom is -0.444 e. The van der Waals surface area contributed by atoms with Gasteiger partial charge in [-0.3, -0.25) is 9.59 Å². The zero-order valence-electron chi connectivity index (χ0n) is 19.8. The summed E-state index contributed by atoms with van der Waals surface area (Å²) in [7, 11) is 0. The van der Waals surface area contributed by atoms with Crippen molar-refractivity contribution in [1.29, 1.82) is 5.26 Å². The molecule has 0 bridgehead atoms. The summed E-state index contributed by atoms with van der Waals surface area (Å²) >= 11 is 0. The van der Waals surface area contributed by atoms with Crippen LogP contribution in [0.2, 0.25) is 0 Å². The summed E-state index contributed by atoms with van der Waals surface area (Å²) in [6.07, 6.45) is 5.05. The highest BCUT2D eigenvalue weighted by Gasteiger charge is 2.67. The number of nitrogens with two attached hydrogens (primary N) is 1. The smallest absolute Gasteiger partial charge is 0.248 e. The van der Waals surface area contributed by atoms with E-state index in [1.807, 2.05) is 18.7 Å². The predicted octanol–water partition coefficient (Wildman–Crippen LogP) is 4.60. The first-order valence-corrected chi connectivity index (χ1v) is 12.1. The van der Waals surface area contributed by atoms with Crippen LogP contribution in [0.5, 0.6) is 0 Å². The summed E-state index contributed by atoms with van der Waals surface area (Å²) < 4.78 is 21.0. The quantitative estimate of drug-likeness (QED) is 0.609. The van der Waals surface area contributed by atoms with Crippen molar-refractivity contribution in [3.8, 4) is 6.07 Å². The number of rotatable bonds is 0. The average Bonchev–Trinajstić information content (AvgIpc) is 3.28. The molecule has 3 heterocycles. The Morgan fingerprint density at radius 1 is 1.21 bits per heavy atom. The lowest BCUT2D eigenvalue weighted by molar-refractivity contribution is -0.126. The molecular formula is C27H28FN3O3. The number of Topliss-reactive ketones (excluding diaryl/α,β-unsaturated/α-hetero) is 1. The Morgan fingerprint density at radius 3 is 2.59 bits per heavy atom. The molecule has 1 amide bonds. The number of carbonyl (C=O) groups is 2. The summed E-state index contributed by atoms with van der Waals surface area (Å²) in [5.41, 5.74) is 5.60. The summed E-state index contributed by atoms with van der Waals surface area (Å²) in [4.78, 5) is 30.3. The highest BCUT2D eigenvalue weighted by molar-refractivity contribution is 6.21. The van der Waals surface area contributed by atoms with Gasteiger partial charge in [-0.15, -0.1) is 0 Å². The van der Waals surface area contributed by atoms with Crippen LogP contribution in [0.4, 0.5) is 10.1 Å². The van der Waals surface area contributed by atoms with E-state index < -0.39 is 16.8 Å². The monoisotopic (exact) mass is 461 g/mol. The van der Waals surface area contributed by atoms with Crippen LogP contribution in [-0.4, -0.2) is 17.2 Å². The molecule has 3 aliphatic heterocycles. The number of nitrogens with zero attached hydrogens (tertiary/aromatic N) is 2. The molecule has 34 heavy (non-hydrogen) atoms. The van der Waals surface area contributed by atoms with Crippen molar-refractivity contribution in [2.24, 2.45) is 11.1 Å². The molecule has 5 aliphatic rings. The van der Waals surface area contributed by atoms with Gasteiger partial charge in [-0.25, -0.2) is 4.39 Å². The maximum atomic E-state index is 15.1. The van der Waals surface area contributed by atoms with Crippen molar-refractivity contribution < 1.29 is 18.7 Å². The van der Waals surface area contributed by atoms with Crippen LogP contribution < -0.4 is 10.6 Å². The van der Waals surface area contributed by atoms with Gasteiger partial charge in [-0.1, -0.05) is 33.6 Å². The van der Waals surface area contributed by atoms with Crippen LogP contribution in [-0.2, 0) is 19.7 Å². The fourth-order valence-electron chi connectivity index (χ4n) is 7.49. The first kappa shape index (κ1) is 21.4. The van der Waals surface area contributed by atoms with E-state index in [1.54, 1.807) is 0 Å². The molecule has 6 rings (SSSR count). The average molecular weight is 462 g/mol. The van der Waals surface area contributed by atoms with Crippen LogP contribution >= 0.6 is 0 Å². The van der Waals surface area contributed by atoms with Gasteiger partial charge in [-0.05, 0) is 48.3 Å². The summed E-state index contributed by atoms with van der Waals surface area (Å²) in [6.45, 7) is 5.99. The molecule has 1 aromatic carbocycles. The third kappa shape index (κ3) is 2.39. The zero-order chi connectivity index (χ0) is 24.2. The van der Waals surface area contributed by atoms with E-state index in [2.05, 4.69) is 13.0 Å². The molecule has 2 spiro atoms. The third-order valence-electron chi connectivity index (χ3n) is 8.66. The number of fused-ring (bicyclic) bond motifs is 3. The van der Waals surface area contributed by atoms with Gasteiger partial charge in [0.15, 0.2) is 5.78 Å². The van der Waals surface area contributed by atoms with Gasteiger partial charge in [0.05, 0.1) is 11.3 Å². The second kappa shape index (κ2) is 6.50. The van der Waals surface area contributed by atoms with Gasteiger partial charge in [0.25, 0.3) is 0 Å². The van der Waals surface area contributed by atoms with Crippen molar-refractivity contribution in [1.82, 2.24) is 0 Å². The van der Waals surface area contributed by atoms with E-state index in [0.29, 0.717) is 23.4 Å². The SMILES string of the molecule is C[C@H]1CC2(CCCC2)N2C(=O)[C@@]3(C(C#N)=C(N)OC4=C3C(=O)CC(C)(C)C4)c3cc(F)cc1c32. The van der Waals surface area contributed by atoms with Gasteiger partial charge < -0.3 is 15.4 Å². The van der Waals surface area contributed by atoms with Crippen molar-refractivity contribution in [2.45, 2.75) is 82.6 Å². The molecule has 1 fully saturated rings. The lowest BCUT2D eigenvalue weighted by Gasteiger charge is -2.47. The van der Waals surface area contributed by atoms with Crippen LogP contribution in [0.15, 0.2) is 34.9 Å². The number of nitriles is 1. The number of hydrogen-bond donors (Lipinski definition) is 1. The van der Waals surface area contributed by atoms with Gasteiger partial charge in [0.2, 0.25) is 11.8 Å². The fourth-order valence-corrected chi connectivity index (χ4v) is 7.49. The first-order valence-electron chi connectivity index (χ1n) is 12.1. The third-order valence-corrected chi connectivity index (χ3v) is 8.66. The van der Waals surface area contributed by atoms with Crippen LogP contribution in [0.3, 0.4) is 0 Å². The molecule has 176 valence electrons. The van der Waals surface area contributed by atoms with Crippen molar-refractivity contribution in [3.05, 3.63) is 51.9 Å². The maximum Gasteiger partial charge on any atom is 0.248 e. The zero-order valence-corrected chi connectivity index (χ0v) is 19.8. The number of allylic oxidation sites excluding steroid dienone is 1. The standard InChI is InChI=1S/C27H28FN3O3/c1-14-10-26(6-4-5-7-26)31-22-16(14)8-15(28)9-17(22)27(24(31)33)18(13-29)23(30)34-20-12-25(2,3)11-19(32)21(20)27/h8-9,14H,4-7,10-12,30H2,1-3H3/t14-,27+/m0/s1. The number of amides is 1. The summed E-state index contributed by atoms with van der Waals surface area (Å²) in [6, 6.07) is 4.94. The lowest BCUT2D eigenvalue weighted by atomic mass is 9.62. The van der Waals surface area contributed by atoms with Crippen molar-refractivity contribution >= 4 is 17.4 Å². The van der Waals surface area contributed by atoms with Gasteiger partial charge in [0.1, 0.15) is 28.6 Å². The van der Waals surface area contributed by atoms with E-state index in [9.17, 15) is 14.9 Å². The van der Waals surface area contributed by atoms with Gasteiger partial charge in [0, 0.05) is 23.9 Å². The van der Waals surface area contributed by atoms with E-state index in [1.165, 1.54) is 12.1 Å². The molecule has 1 saturated carbocycles. The van der Waals surface area contributed by atoms with Crippen LogP contribution in [0.1, 0.15) is 82.8 Å². The summed E-state index contributed by atoms with van der Waals surface area (Å²) in [5.74, 6) is -0.880. The molecule has 2 aliphatic carbocycles. The fraction of sp³-hybridized carbons (Fsp3) is 0.519. The van der Waals surface area contributed by atoms with E-state index in [0.717, 1.165) is 37.7 Å². The highest BCUT2D eigenvalue weighted by Crippen LogP contribution is 2.63. The summed E-state index contributed by atoms with van der Waals surface area (Å²) in [5, 5.41) is 10.3. The van der Waals surface area contributed by atoms with Gasteiger partial charge >= 0.3 is 0 Å². The molecule has 2 atom stereocenters. The van der Waals surface area contributed by atoms with E-state index >= 15 is 4.39 Å². The minimum atomic E-state index is -1.76. The number of carbonyl (C=O) groups excluding carboxylic acids is 2. The van der Waals surface area contributed by atoms with Gasteiger partial charge in [-0.2, -0.15) is 5.26 Å². The van der Waals surface area contributed by atoms with Crippen LogP contribution in [0, 0.1) is 22.6 Å². The second-order valence-electron chi connectivity index (χ2n) is 11.5. The first-order chi connectivity index (χ1) is 16.1. The molecule has 1 aromatic rings. The maximum absolute atomic E-state index is 15.1. The molecule has 0 saturated heterocycles. The van der Waals surface area contributed by atoms with E-state index in [-0.39, 0.29) is 46.5 Å². The Morgan fingerprint density at radius 2 is 1.91 bits per heavy atom. The number of hydrogen-bond acceptors (Lipinski definition) is 5. The Balaban J connectivity index is 1.74. The molecule has 0 aromatic heterocycles. The molecule has 2 N–H and O–H groups in total. The lowest BCUT2D eigenvalue weighted by Crippen LogP contribution is -2.57. The number of halogens is 1. The number of anilines is 1.